The van der Waals surface area contributed by atoms with Gasteiger partial charge in [0.25, 0.3) is 0 Å². The van der Waals surface area contributed by atoms with Crippen molar-refractivity contribution in [3.05, 3.63) is 17.7 Å². The fraction of sp³-hybridized carbons (Fsp3) is 0.786. The lowest BCUT2D eigenvalue weighted by atomic mass is 9.96. The molecule has 1 atom stereocenters. The number of halogens is 1. The van der Waals surface area contributed by atoms with E-state index < -0.39 is 0 Å². The van der Waals surface area contributed by atoms with Crippen molar-refractivity contribution in [2.45, 2.75) is 58.9 Å². The van der Waals surface area contributed by atoms with E-state index in [-0.39, 0.29) is 0 Å². The minimum atomic E-state index is 0.774. The Kier molecular flexibility index (Phi) is 6.64. The van der Waals surface area contributed by atoms with Gasteiger partial charge < -0.3 is 0 Å². The van der Waals surface area contributed by atoms with E-state index in [4.69, 9.17) is 11.6 Å². The summed E-state index contributed by atoms with van der Waals surface area (Å²) in [5.74, 6) is 0.774. The second-order valence-corrected chi connectivity index (χ2v) is 5.32. The van der Waals surface area contributed by atoms with Gasteiger partial charge in [0.1, 0.15) is 12.4 Å². The zero-order chi connectivity index (χ0) is 12.7. The van der Waals surface area contributed by atoms with Crippen LogP contribution in [-0.4, -0.2) is 4.57 Å². The number of hydrogen-bond acceptors (Lipinski definition) is 0. The summed E-state index contributed by atoms with van der Waals surface area (Å²) in [5, 5.41) is 0.835. The van der Waals surface area contributed by atoms with E-state index in [1.54, 1.807) is 0 Å². The van der Waals surface area contributed by atoms with Crippen molar-refractivity contribution in [3.63, 3.8) is 0 Å². The predicted molar refractivity (Wildman–Crippen MR) is 73.2 cm³/mol. The molecule has 1 heterocycles. The molecule has 0 N–H and O–H groups in total. The number of aryl methyl sites for hydroxylation is 1. The Hall–Kier alpha value is -0.500. The quantitative estimate of drug-likeness (QED) is 0.492. The van der Waals surface area contributed by atoms with E-state index >= 15 is 0 Å². The summed E-state index contributed by atoms with van der Waals surface area (Å²) in [6, 6.07) is 0. The van der Waals surface area contributed by atoms with E-state index in [1.807, 2.05) is 17.8 Å². The lowest BCUT2D eigenvalue weighted by Gasteiger charge is -2.13. The predicted octanol–water partition coefficient (Wildman–Crippen LogP) is 3.96. The Morgan fingerprint density at radius 2 is 2.00 bits per heavy atom. The summed E-state index contributed by atoms with van der Waals surface area (Å²) in [7, 11) is 1.99. The average molecular weight is 258 g/mol. The highest BCUT2D eigenvalue weighted by Crippen LogP contribution is 2.19. The average Bonchev–Trinajstić information content (AvgIpc) is 2.61. The van der Waals surface area contributed by atoms with Gasteiger partial charge in [-0.2, -0.15) is 0 Å². The molecule has 1 rings (SSSR count). The SMILES string of the molecule is CCCCCC(CCC)Cn1cc[n+](C)c1Cl. The second-order valence-electron chi connectivity index (χ2n) is 4.98. The first kappa shape index (κ1) is 14.6. The highest BCUT2D eigenvalue weighted by atomic mass is 35.5. The summed E-state index contributed by atoms with van der Waals surface area (Å²) < 4.78 is 4.14. The Balaban J connectivity index is 2.50. The van der Waals surface area contributed by atoms with Crippen molar-refractivity contribution in [3.8, 4) is 0 Å². The first-order chi connectivity index (χ1) is 8.19. The topological polar surface area (TPSA) is 8.81 Å². The molecule has 1 unspecified atom stereocenters. The summed E-state index contributed by atoms with van der Waals surface area (Å²) >= 11 is 6.24. The van der Waals surface area contributed by atoms with Crippen LogP contribution in [0.4, 0.5) is 0 Å². The maximum absolute atomic E-state index is 6.24. The molecule has 0 amide bonds. The van der Waals surface area contributed by atoms with Gasteiger partial charge in [0.15, 0.2) is 0 Å². The molecule has 0 saturated carbocycles. The number of rotatable bonds is 8. The van der Waals surface area contributed by atoms with Crippen LogP contribution in [0.15, 0.2) is 12.4 Å². The lowest BCUT2D eigenvalue weighted by Crippen LogP contribution is -2.27. The monoisotopic (exact) mass is 257 g/mol. The van der Waals surface area contributed by atoms with Crippen LogP contribution >= 0.6 is 11.6 Å². The smallest absolute Gasteiger partial charge is 0.223 e. The second kappa shape index (κ2) is 7.75. The van der Waals surface area contributed by atoms with Gasteiger partial charge in [-0.25, -0.2) is 9.13 Å². The normalized spacial score (nSPS) is 12.9. The third-order valence-corrected chi connectivity index (χ3v) is 3.85. The van der Waals surface area contributed by atoms with E-state index in [0.29, 0.717) is 0 Å². The minimum absolute atomic E-state index is 0.774. The molecule has 0 bridgehead atoms. The summed E-state index contributed by atoms with van der Waals surface area (Å²) in [6.45, 7) is 5.60. The van der Waals surface area contributed by atoms with Crippen molar-refractivity contribution < 1.29 is 4.57 Å². The van der Waals surface area contributed by atoms with Crippen molar-refractivity contribution in [1.29, 1.82) is 0 Å². The molecule has 0 aromatic carbocycles. The standard InChI is InChI=1S/C14H26ClN2/c1-4-6-7-9-13(8-5-2)12-17-11-10-16(3)14(17)15/h10-11,13H,4-9,12H2,1-3H3/q+1. The van der Waals surface area contributed by atoms with Crippen LogP contribution in [0, 0.1) is 5.92 Å². The largest absolute Gasteiger partial charge is 0.354 e. The maximum Gasteiger partial charge on any atom is 0.354 e. The molecule has 1 aromatic heterocycles. The van der Waals surface area contributed by atoms with Crippen LogP contribution in [0.25, 0.3) is 0 Å². The maximum atomic E-state index is 6.24. The van der Waals surface area contributed by atoms with Gasteiger partial charge in [0.2, 0.25) is 0 Å². The Morgan fingerprint density at radius 1 is 1.24 bits per heavy atom. The van der Waals surface area contributed by atoms with Gasteiger partial charge in [-0.3, -0.25) is 0 Å². The van der Waals surface area contributed by atoms with Gasteiger partial charge in [0.05, 0.1) is 13.6 Å². The molecular weight excluding hydrogens is 232 g/mol. The van der Waals surface area contributed by atoms with E-state index in [1.165, 1.54) is 38.5 Å². The molecule has 0 radical (unpaired) electrons. The Labute approximate surface area is 111 Å². The number of unbranched alkanes of at least 4 members (excludes halogenated alkanes) is 2. The first-order valence-electron chi connectivity index (χ1n) is 6.89. The molecule has 2 nitrogen and oxygen atoms in total. The van der Waals surface area contributed by atoms with Crippen LogP contribution in [0.3, 0.4) is 0 Å². The Bertz CT molecular complexity index is 320. The lowest BCUT2D eigenvalue weighted by molar-refractivity contribution is -0.668. The van der Waals surface area contributed by atoms with Crippen LogP contribution < -0.4 is 4.57 Å². The van der Waals surface area contributed by atoms with Crippen molar-refractivity contribution in [2.24, 2.45) is 13.0 Å². The first-order valence-corrected chi connectivity index (χ1v) is 7.27. The molecule has 0 aliphatic carbocycles. The molecule has 0 saturated heterocycles. The summed E-state index contributed by atoms with van der Waals surface area (Å²) in [5.41, 5.74) is 0. The number of aromatic nitrogens is 2. The van der Waals surface area contributed by atoms with Crippen LogP contribution in [-0.2, 0) is 13.6 Å². The van der Waals surface area contributed by atoms with Crippen molar-refractivity contribution in [2.75, 3.05) is 0 Å². The molecule has 3 heteroatoms. The zero-order valence-electron chi connectivity index (χ0n) is 11.5. The molecule has 0 aliphatic heterocycles. The molecular formula is C14H26ClN2+. The van der Waals surface area contributed by atoms with Gasteiger partial charge in [-0.15, -0.1) is 0 Å². The van der Waals surface area contributed by atoms with Gasteiger partial charge in [-0.1, -0.05) is 39.5 Å². The number of nitrogens with zero attached hydrogens (tertiary/aromatic N) is 2. The zero-order valence-corrected chi connectivity index (χ0v) is 12.2. The molecule has 0 fully saturated rings. The molecule has 0 aliphatic rings. The Morgan fingerprint density at radius 3 is 2.53 bits per heavy atom. The third-order valence-electron chi connectivity index (χ3n) is 3.37. The minimum Gasteiger partial charge on any atom is -0.223 e. The molecule has 17 heavy (non-hydrogen) atoms. The van der Waals surface area contributed by atoms with Gasteiger partial charge in [-0.05, 0) is 18.8 Å². The third kappa shape index (κ3) is 4.71. The number of imidazole rings is 1. The van der Waals surface area contributed by atoms with E-state index in [2.05, 4.69) is 24.6 Å². The number of hydrogen-bond donors (Lipinski definition) is 0. The summed E-state index contributed by atoms with van der Waals surface area (Å²) in [6.07, 6.45) is 12.0. The van der Waals surface area contributed by atoms with Gasteiger partial charge >= 0.3 is 5.28 Å². The molecule has 0 spiro atoms. The van der Waals surface area contributed by atoms with Crippen molar-refractivity contribution >= 4 is 11.6 Å². The highest BCUT2D eigenvalue weighted by molar-refractivity contribution is 6.27. The summed E-state index contributed by atoms with van der Waals surface area (Å²) in [4.78, 5) is 0. The van der Waals surface area contributed by atoms with Crippen LogP contribution in [0.1, 0.15) is 52.4 Å². The fourth-order valence-electron chi connectivity index (χ4n) is 2.34. The van der Waals surface area contributed by atoms with E-state index in [9.17, 15) is 0 Å². The fourth-order valence-corrected chi connectivity index (χ4v) is 2.52. The van der Waals surface area contributed by atoms with Crippen molar-refractivity contribution in [1.82, 2.24) is 4.57 Å². The van der Waals surface area contributed by atoms with Crippen LogP contribution in [0.5, 0.6) is 0 Å². The molecule has 1 aromatic rings. The van der Waals surface area contributed by atoms with Crippen LogP contribution in [0.2, 0.25) is 5.28 Å². The van der Waals surface area contributed by atoms with Gasteiger partial charge in [0, 0.05) is 11.6 Å². The van der Waals surface area contributed by atoms with E-state index in [0.717, 1.165) is 17.7 Å². The molecule has 98 valence electrons. The highest BCUT2D eigenvalue weighted by Gasteiger charge is 2.16.